The number of nitrogens with one attached hydrogen (secondary N) is 1. The van der Waals surface area contributed by atoms with Gasteiger partial charge in [0.05, 0.1) is 5.69 Å². The summed E-state index contributed by atoms with van der Waals surface area (Å²) in [5.41, 5.74) is 4.60. The zero-order valence-electron chi connectivity index (χ0n) is 16.6. The van der Waals surface area contributed by atoms with Gasteiger partial charge in [0.25, 0.3) is 5.91 Å². The van der Waals surface area contributed by atoms with Crippen molar-refractivity contribution in [3.8, 4) is 0 Å². The first kappa shape index (κ1) is 18.5. The topological polar surface area (TPSA) is 52.9 Å². The Morgan fingerprint density at radius 1 is 1.04 bits per heavy atom. The molecule has 0 spiro atoms. The van der Waals surface area contributed by atoms with Gasteiger partial charge in [-0.3, -0.25) is 14.1 Å². The minimum absolute atomic E-state index is 0.0569. The summed E-state index contributed by atoms with van der Waals surface area (Å²) in [5, 5.41) is 3.07. The van der Waals surface area contributed by atoms with Crippen molar-refractivity contribution in [2.24, 2.45) is 0 Å². The standard InChI is InChI=1S/C22H27N5O/c1-17-8-9-20-24-18(2)21(27(20)16-17)22(28)23-10-11-25-12-14-26(15-13-25)19-6-4-3-5-7-19/h3-9,16H,10-15H2,1-2H3,(H,23,28). The molecule has 1 fully saturated rings. The second-order valence-corrected chi connectivity index (χ2v) is 7.40. The molecule has 1 aliphatic heterocycles. The number of nitrogens with zero attached hydrogens (tertiary/aromatic N) is 4. The van der Waals surface area contributed by atoms with Crippen LogP contribution in [0.4, 0.5) is 5.69 Å². The largest absolute Gasteiger partial charge is 0.369 e. The van der Waals surface area contributed by atoms with E-state index in [0.717, 1.165) is 49.6 Å². The third-order valence-electron chi connectivity index (χ3n) is 5.36. The van der Waals surface area contributed by atoms with E-state index in [1.165, 1.54) is 5.69 Å². The highest BCUT2D eigenvalue weighted by Crippen LogP contribution is 2.16. The average Bonchev–Trinajstić information content (AvgIpc) is 3.04. The summed E-state index contributed by atoms with van der Waals surface area (Å²) in [6, 6.07) is 14.5. The van der Waals surface area contributed by atoms with Crippen LogP contribution >= 0.6 is 0 Å². The van der Waals surface area contributed by atoms with E-state index in [-0.39, 0.29) is 5.91 Å². The van der Waals surface area contributed by atoms with Gasteiger partial charge in [-0.2, -0.15) is 0 Å². The minimum atomic E-state index is -0.0569. The number of anilines is 1. The van der Waals surface area contributed by atoms with Gasteiger partial charge in [-0.15, -0.1) is 0 Å². The molecule has 1 saturated heterocycles. The van der Waals surface area contributed by atoms with E-state index < -0.39 is 0 Å². The van der Waals surface area contributed by atoms with Crippen LogP contribution in [0.3, 0.4) is 0 Å². The fraction of sp³-hybridized carbons (Fsp3) is 0.364. The van der Waals surface area contributed by atoms with E-state index in [1.807, 2.05) is 36.6 Å². The first-order chi connectivity index (χ1) is 13.6. The van der Waals surface area contributed by atoms with Crippen molar-refractivity contribution in [3.63, 3.8) is 0 Å². The van der Waals surface area contributed by atoms with Crippen LogP contribution in [0.15, 0.2) is 48.7 Å². The van der Waals surface area contributed by atoms with E-state index in [1.54, 1.807) is 0 Å². The summed E-state index contributed by atoms with van der Waals surface area (Å²) in [4.78, 5) is 22.1. The van der Waals surface area contributed by atoms with Crippen molar-refractivity contribution in [2.75, 3.05) is 44.2 Å². The Kier molecular flexibility index (Phi) is 5.30. The fourth-order valence-corrected chi connectivity index (χ4v) is 3.82. The Morgan fingerprint density at radius 3 is 2.54 bits per heavy atom. The molecule has 1 aliphatic rings. The van der Waals surface area contributed by atoms with Crippen molar-refractivity contribution < 1.29 is 4.79 Å². The number of fused-ring (bicyclic) bond motifs is 1. The Morgan fingerprint density at radius 2 is 1.79 bits per heavy atom. The maximum atomic E-state index is 12.7. The summed E-state index contributed by atoms with van der Waals surface area (Å²) < 4.78 is 1.89. The monoisotopic (exact) mass is 377 g/mol. The highest BCUT2D eigenvalue weighted by atomic mass is 16.1. The molecule has 6 nitrogen and oxygen atoms in total. The third kappa shape index (κ3) is 3.87. The number of benzene rings is 1. The first-order valence-electron chi connectivity index (χ1n) is 9.88. The maximum Gasteiger partial charge on any atom is 0.270 e. The van der Waals surface area contributed by atoms with E-state index in [0.29, 0.717) is 12.2 Å². The van der Waals surface area contributed by atoms with Gasteiger partial charge in [-0.1, -0.05) is 24.3 Å². The average molecular weight is 377 g/mol. The molecule has 3 aromatic rings. The molecule has 0 atom stereocenters. The van der Waals surface area contributed by atoms with E-state index in [2.05, 4.69) is 50.4 Å². The molecule has 28 heavy (non-hydrogen) atoms. The number of rotatable bonds is 5. The molecule has 6 heteroatoms. The normalized spacial score (nSPS) is 15.1. The van der Waals surface area contributed by atoms with Crippen molar-refractivity contribution in [3.05, 3.63) is 65.6 Å². The molecule has 1 amide bonds. The van der Waals surface area contributed by atoms with E-state index >= 15 is 0 Å². The van der Waals surface area contributed by atoms with Crippen LogP contribution in [0, 0.1) is 13.8 Å². The number of amides is 1. The molecule has 1 aromatic carbocycles. The Balaban J connectivity index is 1.30. The Hall–Kier alpha value is -2.86. The number of aryl methyl sites for hydroxylation is 2. The molecule has 0 saturated carbocycles. The van der Waals surface area contributed by atoms with Crippen LogP contribution in [0.2, 0.25) is 0 Å². The number of piperazine rings is 1. The van der Waals surface area contributed by atoms with E-state index in [4.69, 9.17) is 0 Å². The molecular weight excluding hydrogens is 350 g/mol. The second kappa shape index (κ2) is 8.02. The van der Waals surface area contributed by atoms with Gasteiger partial charge in [-0.25, -0.2) is 4.98 Å². The summed E-state index contributed by atoms with van der Waals surface area (Å²) in [6.07, 6.45) is 1.97. The number of hydrogen-bond acceptors (Lipinski definition) is 4. The van der Waals surface area contributed by atoms with Gasteiger partial charge >= 0.3 is 0 Å². The number of pyridine rings is 1. The van der Waals surface area contributed by atoms with Gasteiger partial charge in [0.2, 0.25) is 0 Å². The maximum absolute atomic E-state index is 12.7. The predicted molar refractivity (Wildman–Crippen MR) is 112 cm³/mol. The lowest BCUT2D eigenvalue weighted by Gasteiger charge is -2.36. The first-order valence-corrected chi connectivity index (χ1v) is 9.88. The summed E-state index contributed by atoms with van der Waals surface area (Å²) >= 11 is 0. The summed E-state index contributed by atoms with van der Waals surface area (Å²) in [6.45, 7) is 9.47. The van der Waals surface area contributed by atoms with Crippen LogP contribution in [-0.4, -0.2) is 59.5 Å². The van der Waals surface area contributed by atoms with Crippen LogP contribution in [-0.2, 0) is 0 Å². The van der Waals surface area contributed by atoms with Crippen molar-refractivity contribution in [1.82, 2.24) is 19.6 Å². The smallest absolute Gasteiger partial charge is 0.270 e. The molecule has 4 rings (SSSR count). The minimum Gasteiger partial charge on any atom is -0.369 e. The number of imidazole rings is 1. The molecular formula is C22H27N5O. The van der Waals surface area contributed by atoms with Crippen LogP contribution in [0.25, 0.3) is 5.65 Å². The molecule has 0 radical (unpaired) electrons. The number of hydrogen-bond donors (Lipinski definition) is 1. The Labute approximate surface area is 165 Å². The zero-order valence-corrected chi connectivity index (χ0v) is 16.6. The summed E-state index contributed by atoms with van der Waals surface area (Å²) in [5.74, 6) is -0.0569. The highest BCUT2D eigenvalue weighted by molar-refractivity contribution is 5.94. The molecule has 1 N–H and O–H groups in total. The lowest BCUT2D eigenvalue weighted by molar-refractivity contribution is 0.0941. The summed E-state index contributed by atoms with van der Waals surface area (Å²) in [7, 11) is 0. The highest BCUT2D eigenvalue weighted by Gasteiger charge is 2.19. The van der Waals surface area contributed by atoms with Gasteiger partial charge in [0.1, 0.15) is 11.3 Å². The number of para-hydroxylation sites is 1. The molecule has 3 heterocycles. The SMILES string of the molecule is Cc1ccc2nc(C)c(C(=O)NCCN3CCN(c4ccccc4)CC3)n2c1. The lowest BCUT2D eigenvalue weighted by atomic mass is 10.2. The van der Waals surface area contributed by atoms with Crippen LogP contribution in [0.1, 0.15) is 21.7 Å². The van der Waals surface area contributed by atoms with Gasteiger partial charge in [-0.05, 0) is 37.6 Å². The molecule has 0 bridgehead atoms. The van der Waals surface area contributed by atoms with Crippen molar-refractivity contribution >= 4 is 17.2 Å². The number of carbonyl (C=O) groups excluding carboxylic acids is 1. The lowest BCUT2D eigenvalue weighted by Crippen LogP contribution is -2.48. The van der Waals surface area contributed by atoms with Crippen LogP contribution < -0.4 is 10.2 Å². The molecule has 0 unspecified atom stereocenters. The zero-order chi connectivity index (χ0) is 19.5. The van der Waals surface area contributed by atoms with Gasteiger partial charge < -0.3 is 10.2 Å². The number of aromatic nitrogens is 2. The predicted octanol–water partition coefficient (Wildman–Crippen LogP) is 2.50. The molecule has 0 aliphatic carbocycles. The Bertz CT molecular complexity index is 958. The van der Waals surface area contributed by atoms with Crippen LogP contribution in [0.5, 0.6) is 0 Å². The third-order valence-corrected chi connectivity index (χ3v) is 5.36. The van der Waals surface area contributed by atoms with Crippen molar-refractivity contribution in [2.45, 2.75) is 13.8 Å². The molecule has 2 aromatic heterocycles. The molecule has 146 valence electrons. The fourth-order valence-electron chi connectivity index (χ4n) is 3.82. The van der Waals surface area contributed by atoms with E-state index in [9.17, 15) is 4.79 Å². The van der Waals surface area contributed by atoms with Crippen molar-refractivity contribution in [1.29, 1.82) is 0 Å². The van der Waals surface area contributed by atoms with Gasteiger partial charge in [0.15, 0.2) is 0 Å². The number of carbonyl (C=O) groups is 1. The van der Waals surface area contributed by atoms with Gasteiger partial charge in [0, 0.05) is 51.2 Å². The quantitative estimate of drug-likeness (QED) is 0.742. The second-order valence-electron chi connectivity index (χ2n) is 7.40.